The van der Waals surface area contributed by atoms with Crippen LogP contribution in [0.15, 0.2) is 12.1 Å². The number of aryl methyl sites for hydroxylation is 3. The van der Waals surface area contributed by atoms with Crippen molar-refractivity contribution in [2.45, 2.75) is 46.0 Å². The normalized spacial score (nSPS) is 20.1. The van der Waals surface area contributed by atoms with Crippen LogP contribution in [0.5, 0.6) is 0 Å². The van der Waals surface area contributed by atoms with Gasteiger partial charge in [-0.25, -0.2) is 0 Å². The lowest BCUT2D eigenvalue weighted by Gasteiger charge is -2.18. The number of hydrogen-bond acceptors (Lipinski definition) is 0. The molecule has 0 bridgehead atoms. The fourth-order valence-corrected chi connectivity index (χ4v) is 3.12. The molecule has 0 saturated carbocycles. The van der Waals surface area contributed by atoms with Gasteiger partial charge in [0.2, 0.25) is 0 Å². The summed E-state index contributed by atoms with van der Waals surface area (Å²) in [6.45, 7) is 6.78. The maximum Gasteiger partial charge on any atom is 0.0491 e. The molecule has 0 fully saturated rings. The molecule has 16 heavy (non-hydrogen) atoms. The van der Waals surface area contributed by atoms with E-state index in [1.807, 2.05) is 0 Å². The molecular weight excluding hydrogens is 194 g/mol. The average molecular weight is 213 g/mol. The lowest BCUT2D eigenvalue weighted by Crippen LogP contribution is -2.05. The largest absolute Gasteiger partial charge is 0.358 e. The van der Waals surface area contributed by atoms with E-state index >= 15 is 0 Å². The van der Waals surface area contributed by atoms with Gasteiger partial charge in [-0.3, -0.25) is 0 Å². The molecule has 1 aromatic heterocycles. The van der Waals surface area contributed by atoms with Gasteiger partial charge in [-0.15, -0.1) is 0 Å². The molecule has 0 radical (unpaired) electrons. The number of aromatic amines is 1. The van der Waals surface area contributed by atoms with Gasteiger partial charge in [-0.05, 0) is 55.7 Å². The number of benzene rings is 1. The summed E-state index contributed by atoms with van der Waals surface area (Å²) in [5, 5.41) is 1.50. The molecule has 1 aromatic carbocycles. The van der Waals surface area contributed by atoms with Gasteiger partial charge in [-0.1, -0.05) is 19.1 Å². The number of H-pyrrole nitrogens is 1. The number of nitrogens with one attached hydrogen (secondary N) is 1. The van der Waals surface area contributed by atoms with Gasteiger partial charge in [0.05, 0.1) is 0 Å². The van der Waals surface area contributed by atoms with E-state index in [2.05, 4.69) is 37.9 Å². The number of rotatable bonds is 0. The zero-order valence-corrected chi connectivity index (χ0v) is 10.4. The van der Waals surface area contributed by atoms with Crippen LogP contribution in [-0.2, 0) is 6.42 Å². The fourth-order valence-electron chi connectivity index (χ4n) is 3.12. The molecule has 1 atom stereocenters. The molecule has 1 aliphatic carbocycles. The third-order valence-electron chi connectivity index (χ3n) is 4.07. The Labute approximate surface area is 96.9 Å². The molecule has 84 valence electrons. The van der Waals surface area contributed by atoms with Crippen molar-refractivity contribution in [1.29, 1.82) is 0 Å². The minimum atomic E-state index is 0.704. The van der Waals surface area contributed by atoms with Crippen molar-refractivity contribution >= 4 is 10.9 Å². The summed E-state index contributed by atoms with van der Waals surface area (Å²) in [5.74, 6) is 0.704. The third kappa shape index (κ3) is 1.24. The smallest absolute Gasteiger partial charge is 0.0491 e. The maximum absolute atomic E-state index is 3.67. The lowest BCUT2D eigenvalue weighted by atomic mass is 9.87. The molecule has 1 unspecified atom stereocenters. The van der Waals surface area contributed by atoms with Crippen molar-refractivity contribution in [2.75, 3.05) is 0 Å². The van der Waals surface area contributed by atoms with Crippen LogP contribution in [-0.4, -0.2) is 4.98 Å². The molecule has 3 rings (SSSR count). The van der Waals surface area contributed by atoms with E-state index in [-0.39, 0.29) is 0 Å². The van der Waals surface area contributed by atoms with Gasteiger partial charge < -0.3 is 4.98 Å². The highest BCUT2D eigenvalue weighted by Crippen LogP contribution is 2.37. The predicted octanol–water partition coefficient (Wildman–Crippen LogP) is 4.22. The summed E-state index contributed by atoms with van der Waals surface area (Å²) in [7, 11) is 0. The highest BCUT2D eigenvalue weighted by atomic mass is 14.7. The Bertz CT molecular complexity index is 548. The van der Waals surface area contributed by atoms with Crippen LogP contribution in [0.2, 0.25) is 0 Å². The van der Waals surface area contributed by atoms with E-state index in [0.29, 0.717) is 5.92 Å². The third-order valence-corrected chi connectivity index (χ3v) is 4.07. The minimum absolute atomic E-state index is 0.704. The molecule has 1 N–H and O–H groups in total. The Morgan fingerprint density at radius 2 is 1.94 bits per heavy atom. The van der Waals surface area contributed by atoms with Gasteiger partial charge >= 0.3 is 0 Å². The number of hydrogen-bond donors (Lipinski definition) is 1. The second-order valence-electron chi connectivity index (χ2n) is 5.26. The summed E-state index contributed by atoms with van der Waals surface area (Å²) >= 11 is 0. The second-order valence-corrected chi connectivity index (χ2v) is 5.26. The van der Waals surface area contributed by atoms with Crippen LogP contribution in [0.25, 0.3) is 10.9 Å². The number of aromatic nitrogens is 1. The van der Waals surface area contributed by atoms with Gasteiger partial charge in [0.15, 0.2) is 0 Å². The van der Waals surface area contributed by atoms with Crippen LogP contribution < -0.4 is 0 Å². The highest BCUT2D eigenvalue weighted by molar-refractivity contribution is 5.90. The van der Waals surface area contributed by atoms with E-state index < -0.39 is 0 Å². The summed E-state index contributed by atoms with van der Waals surface area (Å²) in [4.78, 5) is 3.67. The average Bonchev–Trinajstić information content (AvgIpc) is 2.66. The molecule has 1 aliphatic rings. The first kappa shape index (κ1) is 9.95. The monoisotopic (exact) mass is 213 g/mol. The predicted molar refractivity (Wildman–Crippen MR) is 69.1 cm³/mol. The SMILES string of the molecule is Cc1ccc(C)c2c3c([nH]c12)C(C)CCC3. The zero-order valence-electron chi connectivity index (χ0n) is 10.4. The van der Waals surface area contributed by atoms with Gasteiger partial charge in [-0.2, -0.15) is 0 Å². The van der Waals surface area contributed by atoms with E-state index in [1.54, 1.807) is 5.56 Å². The van der Waals surface area contributed by atoms with Crippen LogP contribution in [0.1, 0.15) is 48.1 Å². The van der Waals surface area contributed by atoms with E-state index in [1.165, 1.54) is 47.0 Å². The summed E-state index contributed by atoms with van der Waals surface area (Å²) < 4.78 is 0. The Hall–Kier alpha value is -1.24. The Morgan fingerprint density at radius 1 is 1.19 bits per heavy atom. The molecule has 2 aromatic rings. The number of fused-ring (bicyclic) bond motifs is 3. The molecule has 0 saturated heterocycles. The van der Waals surface area contributed by atoms with Crippen molar-refractivity contribution < 1.29 is 0 Å². The summed E-state index contributed by atoms with van der Waals surface area (Å²) in [6.07, 6.45) is 3.93. The zero-order chi connectivity index (χ0) is 11.3. The standard InChI is InChI=1S/C15H19N/c1-9-7-8-11(3)15-13(9)12-6-4-5-10(2)14(12)16-15/h7-8,10,16H,4-6H2,1-3H3. The summed E-state index contributed by atoms with van der Waals surface area (Å²) in [5.41, 5.74) is 7.27. The first-order chi connectivity index (χ1) is 7.68. The Kier molecular flexibility index (Phi) is 2.10. The van der Waals surface area contributed by atoms with Crippen molar-refractivity contribution in [3.8, 4) is 0 Å². The fraction of sp³-hybridized carbons (Fsp3) is 0.467. The van der Waals surface area contributed by atoms with Crippen LogP contribution >= 0.6 is 0 Å². The van der Waals surface area contributed by atoms with E-state index in [9.17, 15) is 0 Å². The molecule has 0 aliphatic heterocycles. The van der Waals surface area contributed by atoms with Gasteiger partial charge in [0, 0.05) is 16.6 Å². The highest BCUT2D eigenvalue weighted by Gasteiger charge is 2.22. The second kappa shape index (κ2) is 3.38. The molecule has 0 amide bonds. The first-order valence-electron chi connectivity index (χ1n) is 6.29. The van der Waals surface area contributed by atoms with Crippen molar-refractivity contribution in [2.24, 2.45) is 0 Å². The van der Waals surface area contributed by atoms with Crippen LogP contribution in [0, 0.1) is 13.8 Å². The van der Waals surface area contributed by atoms with E-state index in [4.69, 9.17) is 0 Å². The molecule has 1 nitrogen and oxygen atoms in total. The van der Waals surface area contributed by atoms with Gasteiger partial charge in [0.25, 0.3) is 0 Å². The molecule has 1 heteroatoms. The molecule has 0 spiro atoms. The molecular formula is C15H19N. The van der Waals surface area contributed by atoms with Crippen molar-refractivity contribution in [1.82, 2.24) is 4.98 Å². The Morgan fingerprint density at radius 3 is 2.75 bits per heavy atom. The van der Waals surface area contributed by atoms with Crippen molar-refractivity contribution in [3.05, 3.63) is 34.5 Å². The summed E-state index contributed by atoms with van der Waals surface area (Å²) in [6, 6.07) is 4.48. The quantitative estimate of drug-likeness (QED) is 0.674. The maximum atomic E-state index is 3.67. The van der Waals surface area contributed by atoms with Crippen LogP contribution in [0.4, 0.5) is 0 Å². The molecule has 1 heterocycles. The van der Waals surface area contributed by atoms with E-state index in [0.717, 1.165) is 0 Å². The van der Waals surface area contributed by atoms with Crippen LogP contribution in [0.3, 0.4) is 0 Å². The Balaban J connectivity index is 2.40. The van der Waals surface area contributed by atoms with Gasteiger partial charge in [0.1, 0.15) is 0 Å². The topological polar surface area (TPSA) is 15.8 Å². The minimum Gasteiger partial charge on any atom is -0.358 e. The first-order valence-corrected chi connectivity index (χ1v) is 6.29. The van der Waals surface area contributed by atoms with Crippen molar-refractivity contribution in [3.63, 3.8) is 0 Å². The lowest BCUT2D eigenvalue weighted by molar-refractivity contribution is 0.582.